The minimum atomic E-state index is -3.30. The molecule has 22 heavy (non-hydrogen) atoms. The van der Waals surface area contributed by atoms with Crippen molar-refractivity contribution in [3.05, 3.63) is 24.3 Å². The zero-order valence-electron chi connectivity index (χ0n) is 13.2. The molecule has 1 atom stereocenters. The van der Waals surface area contributed by atoms with E-state index in [-0.39, 0.29) is 29.5 Å². The third kappa shape index (κ3) is 6.21. The molecule has 0 radical (unpaired) electrons. The first-order valence-electron chi connectivity index (χ1n) is 6.72. The first-order valence-corrected chi connectivity index (χ1v) is 8.37. The predicted molar refractivity (Wildman–Crippen MR) is 92.8 cm³/mol. The first-order chi connectivity index (χ1) is 9.55. The molecule has 0 unspecified atom stereocenters. The fourth-order valence-corrected chi connectivity index (χ4v) is 2.13. The monoisotopic (exact) mass is 349 g/mol. The van der Waals surface area contributed by atoms with Crippen LogP contribution in [0.3, 0.4) is 0 Å². The number of anilines is 2. The largest absolute Gasteiger partial charge is 0.325 e. The van der Waals surface area contributed by atoms with Gasteiger partial charge in [-0.1, -0.05) is 20.8 Å². The average molecular weight is 350 g/mol. The number of nitrogens with one attached hydrogen (secondary N) is 2. The molecule has 0 spiro atoms. The Kier molecular flexibility index (Phi) is 7.34. The van der Waals surface area contributed by atoms with Gasteiger partial charge in [-0.3, -0.25) is 9.52 Å². The molecule has 8 heteroatoms. The quantitative estimate of drug-likeness (QED) is 0.758. The SMILES string of the molecule is CCS(=O)(=O)Nc1ccc(NC(=O)[C@@H](N)C(C)(C)C)cc1.Cl. The van der Waals surface area contributed by atoms with Crippen molar-refractivity contribution in [1.82, 2.24) is 0 Å². The lowest BCUT2D eigenvalue weighted by atomic mass is 9.87. The van der Waals surface area contributed by atoms with Gasteiger partial charge in [0.2, 0.25) is 15.9 Å². The highest BCUT2D eigenvalue weighted by Gasteiger charge is 2.27. The Morgan fingerprint density at radius 1 is 1.18 bits per heavy atom. The summed E-state index contributed by atoms with van der Waals surface area (Å²) in [4.78, 5) is 12.0. The van der Waals surface area contributed by atoms with Gasteiger partial charge in [0.25, 0.3) is 0 Å². The molecular formula is C14H24ClN3O3S. The zero-order valence-corrected chi connectivity index (χ0v) is 14.8. The number of rotatable bonds is 5. The van der Waals surface area contributed by atoms with Crippen LogP contribution in [0, 0.1) is 5.41 Å². The van der Waals surface area contributed by atoms with Gasteiger partial charge in [0.15, 0.2) is 0 Å². The minimum absolute atomic E-state index is 0. The molecule has 0 bridgehead atoms. The lowest BCUT2D eigenvalue weighted by molar-refractivity contribution is -0.119. The van der Waals surface area contributed by atoms with Crippen LogP contribution >= 0.6 is 12.4 Å². The Morgan fingerprint density at radius 2 is 1.64 bits per heavy atom. The number of halogens is 1. The van der Waals surface area contributed by atoms with E-state index in [2.05, 4.69) is 10.0 Å². The number of carbonyl (C=O) groups excluding carboxylic acids is 1. The minimum Gasteiger partial charge on any atom is -0.325 e. The highest BCUT2D eigenvalue weighted by molar-refractivity contribution is 7.92. The fraction of sp³-hybridized carbons (Fsp3) is 0.500. The molecule has 0 heterocycles. The van der Waals surface area contributed by atoms with Crippen LogP contribution in [0.4, 0.5) is 11.4 Å². The van der Waals surface area contributed by atoms with Crippen molar-refractivity contribution in [3.8, 4) is 0 Å². The van der Waals surface area contributed by atoms with Crippen LogP contribution in [0.5, 0.6) is 0 Å². The van der Waals surface area contributed by atoms with E-state index >= 15 is 0 Å². The second-order valence-electron chi connectivity index (χ2n) is 5.92. The van der Waals surface area contributed by atoms with Crippen molar-refractivity contribution in [2.45, 2.75) is 33.7 Å². The van der Waals surface area contributed by atoms with E-state index in [1.165, 1.54) is 0 Å². The lowest BCUT2D eigenvalue weighted by Gasteiger charge is -2.25. The molecule has 0 fully saturated rings. The van der Waals surface area contributed by atoms with E-state index < -0.39 is 16.1 Å². The van der Waals surface area contributed by atoms with Crippen molar-refractivity contribution >= 4 is 39.7 Å². The maximum Gasteiger partial charge on any atom is 0.241 e. The molecule has 0 aliphatic carbocycles. The van der Waals surface area contributed by atoms with Crippen LogP contribution in [-0.2, 0) is 14.8 Å². The Bertz CT molecular complexity index is 595. The highest BCUT2D eigenvalue weighted by Crippen LogP contribution is 2.20. The molecule has 0 saturated heterocycles. The molecule has 0 aliphatic heterocycles. The van der Waals surface area contributed by atoms with E-state index in [4.69, 9.17) is 5.73 Å². The topological polar surface area (TPSA) is 101 Å². The Labute approximate surface area is 138 Å². The summed E-state index contributed by atoms with van der Waals surface area (Å²) >= 11 is 0. The van der Waals surface area contributed by atoms with Crippen LogP contribution in [0.1, 0.15) is 27.7 Å². The number of sulfonamides is 1. The number of nitrogens with two attached hydrogens (primary N) is 1. The van der Waals surface area contributed by atoms with E-state index in [1.54, 1.807) is 31.2 Å². The molecule has 1 aromatic rings. The van der Waals surface area contributed by atoms with E-state index in [0.29, 0.717) is 11.4 Å². The van der Waals surface area contributed by atoms with Crippen molar-refractivity contribution in [1.29, 1.82) is 0 Å². The smallest absolute Gasteiger partial charge is 0.241 e. The summed E-state index contributed by atoms with van der Waals surface area (Å²) < 4.78 is 25.3. The van der Waals surface area contributed by atoms with Gasteiger partial charge in [0, 0.05) is 11.4 Å². The van der Waals surface area contributed by atoms with Gasteiger partial charge < -0.3 is 11.1 Å². The maximum atomic E-state index is 12.0. The molecule has 1 aromatic carbocycles. The van der Waals surface area contributed by atoms with Gasteiger partial charge in [-0.15, -0.1) is 12.4 Å². The van der Waals surface area contributed by atoms with Crippen molar-refractivity contribution in [3.63, 3.8) is 0 Å². The number of amides is 1. The zero-order chi connectivity index (χ0) is 16.3. The Morgan fingerprint density at radius 3 is 2.05 bits per heavy atom. The Hall–Kier alpha value is -1.31. The lowest BCUT2D eigenvalue weighted by Crippen LogP contribution is -2.45. The van der Waals surface area contributed by atoms with Crippen LogP contribution in [0.25, 0.3) is 0 Å². The van der Waals surface area contributed by atoms with Crippen LogP contribution in [0.2, 0.25) is 0 Å². The van der Waals surface area contributed by atoms with Gasteiger partial charge in [-0.05, 0) is 36.6 Å². The molecular weight excluding hydrogens is 326 g/mol. The number of hydrogen-bond acceptors (Lipinski definition) is 4. The van der Waals surface area contributed by atoms with E-state index in [9.17, 15) is 13.2 Å². The molecule has 126 valence electrons. The molecule has 4 N–H and O–H groups in total. The van der Waals surface area contributed by atoms with Gasteiger partial charge >= 0.3 is 0 Å². The second-order valence-corrected chi connectivity index (χ2v) is 7.93. The fourth-order valence-electron chi connectivity index (χ4n) is 1.49. The van der Waals surface area contributed by atoms with Gasteiger partial charge in [-0.25, -0.2) is 8.42 Å². The van der Waals surface area contributed by atoms with Crippen LogP contribution in [0.15, 0.2) is 24.3 Å². The van der Waals surface area contributed by atoms with E-state index in [1.807, 2.05) is 20.8 Å². The van der Waals surface area contributed by atoms with Gasteiger partial charge in [-0.2, -0.15) is 0 Å². The summed E-state index contributed by atoms with van der Waals surface area (Å²) in [5, 5.41) is 2.71. The standard InChI is InChI=1S/C14H23N3O3S.ClH/c1-5-21(19,20)17-11-8-6-10(7-9-11)16-13(18)12(15)14(2,3)4;/h6-9,12,17H,5,15H2,1-4H3,(H,16,18);1H/t12-;/m1./s1. The first kappa shape index (κ1) is 20.7. The normalized spacial score (nSPS) is 13.0. The molecule has 1 rings (SSSR count). The van der Waals surface area contributed by atoms with Gasteiger partial charge in [0.05, 0.1) is 11.8 Å². The third-order valence-corrected chi connectivity index (χ3v) is 4.33. The molecule has 0 aliphatic rings. The average Bonchev–Trinajstić information content (AvgIpc) is 2.38. The molecule has 1 amide bonds. The second kappa shape index (κ2) is 7.80. The summed E-state index contributed by atoms with van der Waals surface area (Å²) in [7, 11) is -3.30. The maximum absolute atomic E-state index is 12.0. The predicted octanol–water partition coefficient (Wildman–Crippen LogP) is 2.18. The van der Waals surface area contributed by atoms with Crippen molar-refractivity contribution in [2.75, 3.05) is 15.8 Å². The third-order valence-electron chi connectivity index (χ3n) is 3.02. The highest BCUT2D eigenvalue weighted by atomic mass is 35.5. The molecule has 0 aromatic heterocycles. The molecule has 0 saturated carbocycles. The number of carbonyl (C=O) groups is 1. The van der Waals surface area contributed by atoms with Gasteiger partial charge in [0.1, 0.15) is 0 Å². The number of benzene rings is 1. The molecule has 6 nitrogen and oxygen atoms in total. The summed E-state index contributed by atoms with van der Waals surface area (Å²) in [5.41, 5.74) is 6.56. The van der Waals surface area contributed by atoms with Crippen LogP contribution < -0.4 is 15.8 Å². The summed E-state index contributed by atoms with van der Waals surface area (Å²) in [6.45, 7) is 7.23. The Balaban J connectivity index is 0.00000441. The van der Waals surface area contributed by atoms with Crippen molar-refractivity contribution < 1.29 is 13.2 Å². The number of hydrogen-bond donors (Lipinski definition) is 3. The van der Waals surface area contributed by atoms with Crippen LogP contribution in [-0.4, -0.2) is 26.1 Å². The summed E-state index contributed by atoms with van der Waals surface area (Å²) in [5.74, 6) is -0.268. The summed E-state index contributed by atoms with van der Waals surface area (Å²) in [6, 6.07) is 5.80. The van der Waals surface area contributed by atoms with E-state index in [0.717, 1.165) is 0 Å². The van der Waals surface area contributed by atoms with Crippen molar-refractivity contribution in [2.24, 2.45) is 11.1 Å². The summed E-state index contributed by atoms with van der Waals surface area (Å²) in [6.07, 6.45) is 0.